The largest absolute Gasteiger partial charge is 0.373 e. The summed E-state index contributed by atoms with van der Waals surface area (Å²) in [5, 5.41) is 19.0. The number of nitrogens with one attached hydrogen (secondary N) is 2. The molecule has 1 saturated heterocycles. The molecule has 1 unspecified atom stereocenters. The van der Waals surface area contributed by atoms with Gasteiger partial charge in [-0.05, 0) is 49.9 Å². The van der Waals surface area contributed by atoms with E-state index in [1.165, 1.54) is 10.3 Å². The third kappa shape index (κ3) is 3.57. The van der Waals surface area contributed by atoms with Gasteiger partial charge in [0.25, 0.3) is 0 Å². The maximum atomic E-state index is 11.1. The van der Waals surface area contributed by atoms with E-state index in [2.05, 4.69) is 72.0 Å². The number of fused-ring (bicyclic) bond motifs is 2. The van der Waals surface area contributed by atoms with Crippen molar-refractivity contribution in [2.24, 2.45) is 0 Å². The number of aryl methyl sites for hydroxylation is 1. The van der Waals surface area contributed by atoms with Crippen molar-refractivity contribution >= 4 is 27.2 Å². The second-order valence-corrected chi connectivity index (χ2v) is 10.3. The smallest absolute Gasteiger partial charge is 0.158 e. The topological polar surface area (TPSA) is 81.5 Å². The number of H-pyrrole nitrogens is 1. The maximum absolute atomic E-state index is 11.1. The van der Waals surface area contributed by atoms with Crippen LogP contribution in [0.2, 0.25) is 0 Å². The fourth-order valence-electron chi connectivity index (χ4n) is 4.90. The van der Waals surface area contributed by atoms with E-state index in [1.807, 2.05) is 10.7 Å². The van der Waals surface area contributed by atoms with Crippen LogP contribution in [0, 0.1) is 6.92 Å². The molecule has 31 heavy (non-hydrogen) atoms. The molecule has 7 nitrogen and oxygen atoms in total. The van der Waals surface area contributed by atoms with E-state index >= 15 is 0 Å². The zero-order chi connectivity index (χ0) is 21.9. The molecule has 4 aromatic heterocycles. The Kier molecular flexibility index (Phi) is 5.13. The Balaban J connectivity index is 1.56. The van der Waals surface area contributed by atoms with Crippen LogP contribution in [0.4, 0.5) is 0 Å². The Bertz CT molecular complexity index is 1230. The number of aromatic nitrogens is 4. The zero-order valence-corrected chi connectivity index (χ0v) is 19.5. The number of thiophene rings is 1. The lowest BCUT2D eigenvalue weighted by Gasteiger charge is -2.38. The second-order valence-electron chi connectivity index (χ2n) is 9.20. The molecule has 0 spiro atoms. The highest BCUT2D eigenvalue weighted by atomic mass is 32.1. The van der Waals surface area contributed by atoms with Gasteiger partial charge in [0, 0.05) is 36.9 Å². The van der Waals surface area contributed by atoms with Gasteiger partial charge in [-0.25, -0.2) is 9.50 Å². The molecule has 0 amide bonds. The summed E-state index contributed by atoms with van der Waals surface area (Å²) in [5.74, 6) is 0.346. The van der Waals surface area contributed by atoms with Crippen LogP contribution in [0.3, 0.4) is 0 Å². The summed E-state index contributed by atoms with van der Waals surface area (Å²) >= 11 is 1.70. The highest BCUT2D eigenvalue weighted by molar-refractivity contribution is 7.19. The first-order valence-electron chi connectivity index (χ1n) is 11.0. The molecule has 3 atom stereocenters. The van der Waals surface area contributed by atoms with Gasteiger partial charge in [0.2, 0.25) is 0 Å². The third-order valence-electron chi connectivity index (χ3n) is 6.14. The van der Waals surface area contributed by atoms with Gasteiger partial charge in [-0.3, -0.25) is 4.90 Å². The molecule has 1 aliphatic heterocycles. The molecule has 3 N–H and O–H groups in total. The van der Waals surface area contributed by atoms with Crippen molar-refractivity contribution in [3.8, 4) is 11.3 Å². The first-order valence-corrected chi connectivity index (χ1v) is 11.8. The predicted octanol–water partition coefficient (Wildman–Crippen LogP) is 4.04. The van der Waals surface area contributed by atoms with Crippen molar-refractivity contribution in [3.05, 3.63) is 40.7 Å². The molecule has 5 rings (SSSR count). The summed E-state index contributed by atoms with van der Waals surface area (Å²) in [6.07, 6.45) is 3.06. The van der Waals surface area contributed by atoms with Crippen LogP contribution in [-0.2, 0) is 0 Å². The number of aliphatic hydroxyl groups is 1. The highest BCUT2D eigenvalue weighted by Gasteiger charge is 2.29. The summed E-state index contributed by atoms with van der Waals surface area (Å²) in [6.45, 7) is 12.5. The van der Waals surface area contributed by atoms with Crippen LogP contribution >= 0.6 is 11.3 Å². The van der Waals surface area contributed by atoms with Crippen LogP contribution in [0.1, 0.15) is 55.8 Å². The van der Waals surface area contributed by atoms with Crippen molar-refractivity contribution < 1.29 is 5.11 Å². The molecule has 4 aromatic rings. The van der Waals surface area contributed by atoms with E-state index in [9.17, 15) is 5.11 Å². The molecule has 0 saturated carbocycles. The van der Waals surface area contributed by atoms with Crippen LogP contribution < -0.4 is 5.32 Å². The van der Waals surface area contributed by atoms with Gasteiger partial charge in [-0.1, -0.05) is 13.8 Å². The van der Waals surface area contributed by atoms with Gasteiger partial charge in [-0.15, -0.1) is 11.3 Å². The quantitative estimate of drug-likeness (QED) is 0.448. The number of hydrogen-bond donors (Lipinski definition) is 3. The lowest BCUT2D eigenvalue weighted by molar-refractivity contribution is -0.0207. The number of pyridine rings is 1. The van der Waals surface area contributed by atoms with E-state index in [0.29, 0.717) is 18.0 Å². The number of rotatable bonds is 4. The van der Waals surface area contributed by atoms with Crippen molar-refractivity contribution in [3.63, 3.8) is 0 Å². The summed E-state index contributed by atoms with van der Waals surface area (Å²) in [7, 11) is 0. The standard InChI is InChI=1S/C23H30N6OS/c1-12(2)19-20(16-6-13(3)22-24-11-25-29(22)10-16)27-17-7-18(31-21(17)19)23(30)28-8-14(4)26-15(5)9-28/h6-7,10-12,14-15,23,26-27,30H,8-9H2,1-5H3/t14-,15-,23?/m1/s1. The monoisotopic (exact) mass is 438 g/mol. The average Bonchev–Trinajstić information content (AvgIpc) is 3.40. The molecule has 164 valence electrons. The highest BCUT2D eigenvalue weighted by Crippen LogP contribution is 2.42. The van der Waals surface area contributed by atoms with E-state index in [0.717, 1.165) is 46.0 Å². The van der Waals surface area contributed by atoms with E-state index in [-0.39, 0.29) is 0 Å². The van der Waals surface area contributed by atoms with Gasteiger partial charge < -0.3 is 15.4 Å². The van der Waals surface area contributed by atoms with Gasteiger partial charge in [0.15, 0.2) is 5.65 Å². The first-order chi connectivity index (χ1) is 14.8. The SMILES string of the molecule is Cc1cc(-c2[nH]c3cc(C(O)N4C[C@@H](C)N[C@H](C)C4)sc3c2C(C)C)cn2ncnc12. The Hall–Kier alpha value is -2.26. The van der Waals surface area contributed by atoms with Crippen molar-refractivity contribution in [2.45, 2.75) is 58.8 Å². The van der Waals surface area contributed by atoms with Crippen LogP contribution in [0.25, 0.3) is 27.1 Å². The van der Waals surface area contributed by atoms with Gasteiger partial charge >= 0.3 is 0 Å². The average molecular weight is 439 g/mol. The molecule has 0 radical (unpaired) electrons. The summed E-state index contributed by atoms with van der Waals surface area (Å²) in [6, 6.07) is 5.04. The van der Waals surface area contributed by atoms with E-state index in [1.54, 1.807) is 17.7 Å². The van der Waals surface area contributed by atoms with Crippen molar-refractivity contribution in [1.82, 2.24) is 29.8 Å². The first kappa shape index (κ1) is 20.6. The molecule has 0 aromatic carbocycles. The summed E-state index contributed by atoms with van der Waals surface area (Å²) < 4.78 is 3.07. The second kappa shape index (κ2) is 7.70. The van der Waals surface area contributed by atoms with E-state index < -0.39 is 6.23 Å². The van der Waals surface area contributed by atoms with Gasteiger partial charge in [0.05, 0.1) is 20.8 Å². The zero-order valence-electron chi connectivity index (χ0n) is 18.7. The molecular formula is C23H30N6OS. The minimum absolute atomic E-state index is 0.346. The van der Waals surface area contributed by atoms with Gasteiger partial charge in [-0.2, -0.15) is 5.10 Å². The number of nitrogens with zero attached hydrogens (tertiary/aromatic N) is 4. The molecule has 0 bridgehead atoms. The predicted molar refractivity (Wildman–Crippen MR) is 126 cm³/mol. The van der Waals surface area contributed by atoms with Crippen LogP contribution in [0.5, 0.6) is 0 Å². The lowest BCUT2D eigenvalue weighted by Crippen LogP contribution is -2.54. The van der Waals surface area contributed by atoms with E-state index in [4.69, 9.17) is 0 Å². The van der Waals surface area contributed by atoms with Crippen molar-refractivity contribution in [1.29, 1.82) is 0 Å². The normalized spacial score (nSPS) is 21.5. The van der Waals surface area contributed by atoms with Crippen LogP contribution in [0.15, 0.2) is 24.7 Å². The minimum Gasteiger partial charge on any atom is -0.373 e. The fraction of sp³-hybridized carbons (Fsp3) is 0.478. The summed E-state index contributed by atoms with van der Waals surface area (Å²) in [5.41, 5.74) is 6.59. The van der Waals surface area contributed by atoms with Crippen molar-refractivity contribution in [2.75, 3.05) is 13.1 Å². The Labute approximate surface area is 186 Å². The lowest BCUT2D eigenvalue weighted by atomic mass is 9.99. The molecular weight excluding hydrogens is 408 g/mol. The fourth-order valence-corrected chi connectivity index (χ4v) is 6.24. The minimum atomic E-state index is -0.574. The Morgan fingerprint density at radius 2 is 1.94 bits per heavy atom. The molecule has 0 aliphatic carbocycles. The maximum Gasteiger partial charge on any atom is 0.158 e. The molecule has 8 heteroatoms. The number of piperazine rings is 1. The Morgan fingerprint density at radius 3 is 2.65 bits per heavy atom. The third-order valence-corrected chi connectivity index (χ3v) is 7.34. The number of aromatic amines is 1. The number of aliphatic hydroxyl groups excluding tert-OH is 1. The molecule has 5 heterocycles. The molecule has 1 fully saturated rings. The molecule has 1 aliphatic rings. The van der Waals surface area contributed by atoms with Crippen LogP contribution in [-0.4, -0.2) is 54.8 Å². The Morgan fingerprint density at radius 1 is 1.19 bits per heavy atom. The number of hydrogen-bond acceptors (Lipinski definition) is 6. The summed E-state index contributed by atoms with van der Waals surface area (Å²) in [4.78, 5) is 11.2. The van der Waals surface area contributed by atoms with Gasteiger partial charge in [0.1, 0.15) is 12.6 Å².